The number of nitrogens with zero attached hydrogens (tertiary/aromatic N) is 1. The van der Waals surface area contributed by atoms with Crippen LogP contribution in [0.3, 0.4) is 0 Å². The van der Waals surface area contributed by atoms with Gasteiger partial charge in [-0.25, -0.2) is 4.98 Å². The second-order valence-corrected chi connectivity index (χ2v) is 9.21. The molecular weight excluding hydrogens is 280 g/mol. The van der Waals surface area contributed by atoms with Crippen LogP contribution in [0.25, 0.3) is 0 Å². The average molecular weight is 311 g/mol. The Morgan fingerprint density at radius 2 is 1.86 bits per heavy atom. The highest BCUT2D eigenvalue weighted by atomic mass is 32.1. The molecule has 0 bridgehead atoms. The Morgan fingerprint density at radius 3 is 2.38 bits per heavy atom. The van der Waals surface area contributed by atoms with Crippen LogP contribution in [0.1, 0.15) is 70.2 Å². The molecule has 1 aromatic rings. The normalized spacial score (nSPS) is 21.4. The van der Waals surface area contributed by atoms with Crippen molar-refractivity contribution in [3.63, 3.8) is 0 Å². The monoisotopic (exact) mass is 310 g/mol. The maximum absolute atomic E-state index is 5.94. The van der Waals surface area contributed by atoms with Crippen LogP contribution in [0.4, 0.5) is 0 Å². The molecule has 0 unspecified atom stereocenters. The zero-order chi connectivity index (χ0) is 15.7. The summed E-state index contributed by atoms with van der Waals surface area (Å²) in [5.74, 6) is 0. The molecule has 0 atom stereocenters. The van der Waals surface area contributed by atoms with Gasteiger partial charge in [-0.15, -0.1) is 11.3 Å². The van der Waals surface area contributed by atoms with Crippen molar-refractivity contribution in [2.75, 3.05) is 7.11 Å². The van der Waals surface area contributed by atoms with Crippen molar-refractivity contribution in [2.24, 2.45) is 5.41 Å². The van der Waals surface area contributed by atoms with Crippen molar-refractivity contribution in [1.29, 1.82) is 0 Å². The molecule has 0 saturated heterocycles. The highest BCUT2D eigenvalue weighted by molar-refractivity contribution is 7.11. The first kappa shape index (κ1) is 16.9. The molecule has 1 heterocycles. The van der Waals surface area contributed by atoms with Crippen molar-refractivity contribution in [3.05, 3.63) is 16.1 Å². The van der Waals surface area contributed by atoms with E-state index in [0.717, 1.165) is 24.4 Å². The fourth-order valence-corrected chi connectivity index (χ4v) is 3.87. The van der Waals surface area contributed by atoms with Gasteiger partial charge in [0.1, 0.15) is 10.6 Å². The van der Waals surface area contributed by atoms with Crippen LogP contribution in [0, 0.1) is 5.41 Å². The van der Waals surface area contributed by atoms with Crippen LogP contribution in [-0.4, -0.2) is 17.6 Å². The lowest BCUT2D eigenvalue weighted by Crippen LogP contribution is -2.36. The van der Waals surface area contributed by atoms with E-state index in [-0.39, 0.29) is 11.1 Å². The number of ether oxygens (including phenoxy) is 1. The highest BCUT2D eigenvalue weighted by Crippen LogP contribution is 2.47. The molecule has 0 aliphatic heterocycles. The molecular formula is C17H30N2OS. The third-order valence-corrected chi connectivity index (χ3v) is 5.72. The molecule has 1 fully saturated rings. The van der Waals surface area contributed by atoms with Gasteiger partial charge < -0.3 is 10.1 Å². The molecule has 0 amide bonds. The number of nitrogens with one attached hydrogen (secondary N) is 1. The van der Waals surface area contributed by atoms with Gasteiger partial charge in [0.2, 0.25) is 0 Å². The third kappa shape index (κ3) is 4.27. The Bertz CT molecular complexity index is 463. The number of rotatable bonds is 4. The maximum atomic E-state index is 5.94. The first-order valence-electron chi connectivity index (χ1n) is 7.91. The highest BCUT2D eigenvalue weighted by Gasteiger charge is 2.41. The average Bonchev–Trinajstić information content (AvgIpc) is 2.86. The molecule has 1 N–H and O–H groups in total. The summed E-state index contributed by atoms with van der Waals surface area (Å²) in [5.41, 5.74) is 0.425. The Morgan fingerprint density at radius 1 is 1.24 bits per heavy atom. The second kappa shape index (κ2) is 5.98. The van der Waals surface area contributed by atoms with Crippen LogP contribution in [-0.2, 0) is 16.9 Å². The standard InChI is InChI=1S/C17H30N2OS/c1-15(2,3)19-12-13-11-18-14(21-13)17(20-6)9-7-16(4,5)8-10-17/h11,19H,7-10,12H2,1-6H3. The van der Waals surface area contributed by atoms with Gasteiger partial charge in [-0.3, -0.25) is 0 Å². The van der Waals surface area contributed by atoms with Crippen LogP contribution in [0.15, 0.2) is 6.20 Å². The minimum absolute atomic E-state index is 0.137. The summed E-state index contributed by atoms with van der Waals surface area (Å²) < 4.78 is 5.94. The van der Waals surface area contributed by atoms with E-state index in [0.29, 0.717) is 5.41 Å². The van der Waals surface area contributed by atoms with Gasteiger partial charge in [-0.1, -0.05) is 13.8 Å². The van der Waals surface area contributed by atoms with E-state index in [9.17, 15) is 0 Å². The number of hydrogen-bond donors (Lipinski definition) is 1. The van der Waals surface area contributed by atoms with Gasteiger partial charge in [-0.05, 0) is 51.9 Å². The smallest absolute Gasteiger partial charge is 0.125 e. The molecule has 1 aromatic heterocycles. The van der Waals surface area contributed by atoms with E-state index in [2.05, 4.69) is 44.9 Å². The third-order valence-electron chi connectivity index (χ3n) is 4.54. The van der Waals surface area contributed by atoms with Crippen molar-refractivity contribution >= 4 is 11.3 Å². The summed E-state index contributed by atoms with van der Waals surface area (Å²) in [7, 11) is 1.84. The van der Waals surface area contributed by atoms with Crippen LogP contribution in [0.2, 0.25) is 0 Å². The fourth-order valence-electron chi connectivity index (χ4n) is 2.79. The molecule has 1 saturated carbocycles. The van der Waals surface area contributed by atoms with Gasteiger partial charge in [0, 0.05) is 30.3 Å². The number of methoxy groups -OCH3 is 1. The predicted molar refractivity (Wildman–Crippen MR) is 89.6 cm³/mol. The van der Waals surface area contributed by atoms with Crippen LogP contribution >= 0.6 is 11.3 Å². The van der Waals surface area contributed by atoms with Crippen molar-refractivity contribution in [1.82, 2.24) is 10.3 Å². The van der Waals surface area contributed by atoms with E-state index in [4.69, 9.17) is 4.74 Å². The van der Waals surface area contributed by atoms with Crippen molar-refractivity contribution in [3.8, 4) is 0 Å². The Kier molecular flexibility index (Phi) is 4.81. The molecule has 0 spiro atoms. The summed E-state index contributed by atoms with van der Waals surface area (Å²) in [6, 6.07) is 0. The van der Waals surface area contributed by atoms with Crippen LogP contribution < -0.4 is 5.32 Å². The molecule has 120 valence electrons. The molecule has 1 aliphatic rings. The zero-order valence-electron chi connectivity index (χ0n) is 14.4. The Balaban J connectivity index is 2.08. The quantitative estimate of drug-likeness (QED) is 0.890. The zero-order valence-corrected chi connectivity index (χ0v) is 15.2. The number of hydrogen-bond acceptors (Lipinski definition) is 4. The molecule has 1 aliphatic carbocycles. The van der Waals surface area contributed by atoms with E-state index < -0.39 is 0 Å². The summed E-state index contributed by atoms with van der Waals surface area (Å²) >= 11 is 1.81. The molecule has 0 aromatic carbocycles. The lowest BCUT2D eigenvalue weighted by atomic mass is 9.71. The Labute approximate surface area is 133 Å². The van der Waals surface area contributed by atoms with Crippen molar-refractivity contribution < 1.29 is 4.74 Å². The van der Waals surface area contributed by atoms with E-state index >= 15 is 0 Å². The topological polar surface area (TPSA) is 34.1 Å². The summed E-state index contributed by atoms with van der Waals surface area (Å²) in [4.78, 5) is 5.98. The molecule has 3 nitrogen and oxygen atoms in total. The number of aromatic nitrogens is 1. The SMILES string of the molecule is COC1(c2ncc(CNC(C)(C)C)s2)CCC(C)(C)CC1. The molecule has 2 rings (SSSR count). The summed E-state index contributed by atoms with van der Waals surface area (Å²) in [6.07, 6.45) is 6.58. The van der Waals surface area contributed by atoms with Gasteiger partial charge >= 0.3 is 0 Å². The first-order valence-corrected chi connectivity index (χ1v) is 8.73. The van der Waals surface area contributed by atoms with Gasteiger partial charge in [0.25, 0.3) is 0 Å². The van der Waals surface area contributed by atoms with E-state index in [1.165, 1.54) is 17.7 Å². The summed E-state index contributed by atoms with van der Waals surface area (Å²) in [5, 5.41) is 4.69. The van der Waals surface area contributed by atoms with E-state index in [1.807, 2.05) is 13.3 Å². The first-order chi connectivity index (χ1) is 9.66. The minimum Gasteiger partial charge on any atom is -0.371 e. The fraction of sp³-hybridized carbons (Fsp3) is 0.824. The van der Waals surface area contributed by atoms with E-state index in [1.54, 1.807) is 11.3 Å². The van der Waals surface area contributed by atoms with Crippen molar-refractivity contribution in [2.45, 2.75) is 78.0 Å². The maximum Gasteiger partial charge on any atom is 0.125 e. The summed E-state index contributed by atoms with van der Waals surface area (Å²) in [6.45, 7) is 12.2. The number of thiazole rings is 1. The lowest BCUT2D eigenvalue weighted by molar-refractivity contribution is -0.0667. The predicted octanol–water partition coefficient (Wildman–Crippen LogP) is 4.47. The van der Waals surface area contributed by atoms with Gasteiger partial charge in [-0.2, -0.15) is 0 Å². The minimum atomic E-state index is -0.153. The molecule has 21 heavy (non-hydrogen) atoms. The largest absolute Gasteiger partial charge is 0.371 e. The second-order valence-electron chi connectivity index (χ2n) is 8.10. The Hall–Kier alpha value is -0.450. The van der Waals surface area contributed by atoms with Gasteiger partial charge in [0.15, 0.2) is 0 Å². The molecule has 0 radical (unpaired) electrons. The molecule has 4 heteroatoms. The lowest BCUT2D eigenvalue weighted by Gasteiger charge is -2.41. The van der Waals surface area contributed by atoms with Gasteiger partial charge in [0.05, 0.1) is 0 Å². The van der Waals surface area contributed by atoms with Crippen LogP contribution in [0.5, 0.6) is 0 Å².